The van der Waals surface area contributed by atoms with Crippen molar-refractivity contribution >= 4 is 13.1 Å². The van der Waals surface area contributed by atoms with Gasteiger partial charge in [-0.3, -0.25) is 0 Å². The summed E-state index contributed by atoms with van der Waals surface area (Å²) >= 11 is 0. The van der Waals surface area contributed by atoms with E-state index in [1.54, 1.807) is 0 Å². The zero-order chi connectivity index (χ0) is 17.6. The van der Waals surface area contributed by atoms with Gasteiger partial charge < -0.3 is 24.7 Å². The molecule has 0 amide bonds. The van der Waals surface area contributed by atoms with Gasteiger partial charge in [-0.1, -0.05) is 6.42 Å². The van der Waals surface area contributed by atoms with E-state index in [1.807, 2.05) is 0 Å². The van der Waals surface area contributed by atoms with E-state index in [-0.39, 0.29) is 29.7 Å². The Balaban J connectivity index is 1.61. The van der Waals surface area contributed by atoms with Crippen LogP contribution in [-0.2, 0) is 18.8 Å². The summed E-state index contributed by atoms with van der Waals surface area (Å²) in [6, 6.07) is 0. The number of carbonyl (C=O) groups is 1. The van der Waals surface area contributed by atoms with Crippen molar-refractivity contribution < 1.29 is 18.8 Å². The number of carbonyl (C=O) groups excluding carboxylic acids is 1. The maximum atomic E-state index is 12.4. The molecule has 3 aliphatic heterocycles. The molecule has 3 rings (SSSR count). The van der Waals surface area contributed by atoms with E-state index in [2.05, 4.69) is 38.3 Å². The number of fused-ring (bicyclic) bond motifs is 1. The van der Waals surface area contributed by atoms with Gasteiger partial charge in [-0.15, -0.1) is 0 Å². The fraction of sp³-hybridized carbons (Fsp3) is 0.941. The van der Waals surface area contributed by atoms with Crippen molar-refractivity contribution in [3.8, 4) is 0 Å². The van der Waals surface area contributed by atoms with Crippen LogP contribution in [0.1, 0.15) is 47.0 Å². The van der Waals surface area contributed by atoms with Gasteiger partial charge in [0.1, 0.15) is 5.54 Å². The van der Waals surface area contributed by atoms with E-state index in [4.69, 9.17) is 14.0 Å². The molecule has 0 saturated carbocycles. The van der Waals surface area contributed by atoms with Crippen LogP contribution in [0.5, 0.6) is 0 Å². The summed E-state index contributed by atoms with van der Waals surface area (Å²) in [5, 5.41) is 6.83. The Bertz CT molecular complexity index is 483. The molecule has 3 aliphatic rings. The lowest BCUT2D eigenvalue weighted by molar-refractivity contribution is -0.151. The largest absolute Gasteiger partial charge is 0.468 e. The van der Waals surface area contributed by atoms with Gasteiger partial charge >= 0.3 is 13.1 Å². The van der Waals surface area contributed by atoms with Crippen molar-refractivity contribution in [1.29, 1.82) is 0 Å². The predicted molar refractivity (Wildman–Crippen MR) is 92.8 cm³/mol. The van der Waals surface area contributed by atoms with Crippen molar-refractivity contribution in [3.05, 3.63) is 0 Å². The third-order valence-corrected chi connectivity index (χ3v) is 6.72. The second-order valence-electron chi connectivity index (χ2n) is 8.54. The van der Waals surface area contributed by atoms with E-state index in [9.17, 15) is 4.79 Å². The maximum absolute atomic E-state index is 12.4. The third kappa shape index (κ3) is 2.60. The zero-order valence-corrected chi connectivity index (χ0v) is 15.7. The standard InChI is InChI=1S/C17H31BN2O4/c1-14(2)15(3,4)24-18(23-14)9-6-7-16-8-10-20-17(16,12-19-11-16)13(21)22-5/h19-20H,6-12H2,1-5H3. The first-order valence-corrected chi connectivity index (χ1v) is 9.08. The second-order valence-corrected chi connectivity index (χ2v) is 8.54. The summed E-state index contributed by atoms with van der Waals surface area (Å²) in [4.78, 5) is 12.4. The molecule has 2 unspecified atom stereocenters. The van der Waals surface area contributed by atoms with Crippen LogP contribution >= 0.6 is 0 Å². The van der Waals surface area contributed by atoms with Crippen LogP contribution in [0.15, 0.2) is 0 Å². The number of hydrogen-bond acceptors (Lipinski definition) is 6. The summed E-state index contributed by atoms with van der Waals surface area (Å²) in [5.74, 6) is -0.138. The number of hydrogen-bond donors (Lipinski definition) is 2. The molecular formula is C17H31BN2O4. The minimum absolute atomic E-state index is 0.0657. The number of methoxy groups -OCH3 is 1. The van der Waals surface area contributed by atoms with E-state index in [1.165, 1.54) is 7.11 Å². The molecule has 0 bridgehead atoms. The fourth-order valence-electron chi connectivity index (χ4n) is 4.55. The van der Waals surface area contributed by atoms with Gasteiger partial charge in [0.2, 0.25) is 0 Å². The Morgan fingerprint density at radius 1 is 1.17 bits per heavy atom. The van der Waals surface area contributed by atoms with Crippen LogP contribution in [0.4, 0.5) is 0 Å². The molecule has 3 saturated heterocycles. The topological polar surface area (TPSA) is 68.8 Å². The molecule has 0 spiro atoms. The minimum Gasteiger partial charge on any atom is -0.468 e. The van der Waals surface area contributed by atoms with Crippen LogP contribution in [0.25, 0.3) is 0 Å². The van der Waals surface area contributed by atoms with E-state index < -0.39 is 5.54 Å². The van der Waals surface area contributed by atoms with Crippen molar-refractivity contribution in [2.75, 3.05) is 26.7 Å². The first-order valence-electron chi connectivity index (χ1n) is 9.08. The number of ether oxygens (including phenoxy) is 1. The molecule has 7 heteroatoms. The molecule has 0 aromatic rings. The van der Waals surface area contributed by atoms with E-state index in [0.29, 0.717) is 6.54 Å². The summed E-state index contributed by atoms with van der Waals surface area (Å²) in [5.41, 5.74) is -1.20. The smallest absolute Gasteiger partial charge is 0.457 e. The average molecular weight is 338 g/mol. The summed E-state index contributed by atoms with van der Waals surface area (Å²) in [7, 11) is 1.31. The van der Waals surface area contributed by atoms with Crippen molar-refractivity contribution in [1.82, 2.24) is 10.6 Å². The lowest BCUT2D eigenvalue weighted by Gasteiger charge is -2.37. The molecule has 2 N–H and O–H groups in total. The number of rotatable bonds is 5. The first kappa shape index (κ1) is 18.2. The van der Waals surface area contributed by atoms with Gasteiger partial charge in [0.05, 0.1) is 18.3 Å². The highest BCUT2D eigenvalue weighted by Gasteiger charge is 2.63. The van der Waals surface area contributed by atoms with Gasteiger partial charge in [-0.25, -0.2) is 4.79 Å². The van der Waals surface area contributed by atoms with Crippen LogP contribution in [-0.4, -0.2) is 56.6 Å². The van der Waals surface area contributed by atoms with Crippen molar-refractivity contribution in [2.24, 2.45) is 5.41 Å². The highest BCUT2D eigenvalue weighted by molar-refractivity contribution is 6.45. The highest BCUT2D eigenvalue weighted by Crippen LogP contribution is 2.48. The molecule has 136 valence electrons. The monoisotopic (exact) mass is 338 g/mol. The molecule has 0 aromatic heterocycles. The molecular weight excluding hydrogens is 307 g/mol. The lowest BCUT2D eigenvalue weighted by atomic mass is 9.67. The van der Waals surface area contributed by atoms with Crippen molar-refractivity contribution in [2.45, 2.75) is 70.0 Å². The van der Waals surface area contributed by atoms with Gasteiger partial charge in [-0.2, -0.15) is 0 Å². The SMILES string of the molecule is COC(=O)C12CNCC1(CCCB1OC(C)(C)C(C)(C)O1)CCN2. The Morgan fingerprint density at radius 3 is 2.46 bits per heavy atom. The average Bonchev–Trinajstić information content (AvgIpc) is 3.06. The minimum atomic E-state index is -0.572. The molecule has 0 radical (unpaired) electrons. The second kappa shape index (κ2) is 5.97. The van der Waals surface area contributed by atoms with Gasteiger partial charge in [0.25, 0.3) is 0 Å². The molecule has 3 fully saturated rings. The van der Waals surface area contributed by atoms with Gasteiger partial charge in [0, 0.05) is 18.5 Å². The molecule has 2 atom stereocenters. The quantitative estimate of drug-likeness (QED) is 0.583. The van der Waals surface area contributed by atoms with Crippen LogP contribution in [0.2, 0.25) is 6.32 Å². The summed E-state index contributed by atoms with van der Waals surface area (Å²) in [6.07, 6.45) is 3.79. The van der Waals surface area contributed by atoms with E-state index in [0.717, 1.165) is 38.7 Å². The molecule has 0 aliphatic carbocycles. The number of esters is 1. The number of nitrogens with one attached hydrogen (secondary N) is 2. The summed E-state index contributed by atoms with van der Waals surface area (Å²) < 4.78 is 17.3. The Hall–Kier alpha value is -0.625. The molecule has 6 nitrogen and oxygen atoms in total. The van der Waals surface area contributed by atoms with Crippen molar-refractivity contribution in [3.63, 3.8) is 0 Å². The fourth-order valence-corrected chi connectivity index (χ4v) is 4.55. The highest BCUT2D eigenvalue weighted by atomic mass is 16.7. The molecule has 3 heterocycles. The normalized spacial score (nSPS) is 36.8. The first-order chi connectivity index (χ1) is 11.2. The lowest BCUT2D eigenvalue weighted by Crippen LogP contribution is -2.58. The van der Waals surface area contributed by atoms with E-state index >= 15 is 0 Å². The third-order valence-electron chi connectivity index (χ3n) is 6.72. The summed E-state index contributed by atoms with van der Waals surface area (Å²) in [6.45, 7) is 10.7. The van der Waals surface area contributed by atoms with Crippen LogP contribution in [0, 0.1) is 5.41 Å². The molecule has 0 aromatic carbocycles. The Morgan fingerprint density at radius 2 is 1.83 bits per heavy atom. The molecule has 24 heavy (non-hydrogen) atoms. The van der Waals surface area contributed by atoms with Gasteiger partial charge in [0.15, 0.2) is 0 Å². The maximum Gasteiger partial charge on any atom is 0.457 e. The Labute approximate surface area is 145 Å². The Kier molecular flexibility index (Phi) is 4.52. The predicted octanol–water partition coefficient (Wildman–Crippen LogP) is 1.35. The van der Waals surface area contributed by atoms with Crippen LogP contribution in [0.3, 0.4) is 0 Å². The van der Waals surface area contributed by atoms with Crippen LogP contribution < -0.4 is 10.6 Å². The zero-order valence-electron chi connectivity index (χ0n) is 15.7. The van der Waals surface area contributed by atoms with Gasteiger partial charge in [-0.05, 0) is 53.4 Å².